The predicted molar refractivity (Wildman–Crippen MR) is 122 cm³/mol. The molecule has 0 saturated carbocycles. The number of carbonyl (C=O) groups is 2. The Labute approximate surface area is 195 Å². The number of hydrogen-bond donors (Lipinski definition) is 1. The lowest BCUT2D eigenvalue weighted by atomic mass is 9.98. The number of halogens is 2. The number of rotatable bonds is 6. The maximum Gasteiger partial charge on any atom is 0.300 e. The summed E-state index contributed by atoms with van der Waals surface area (Å²) in [5.74, 6) is -3.87. The minimum absolute atomic E-state index is 0.0373. The number of aliphatic hydroxyl groups excluding tert-OH is 1. The minimum atomic E-state index is -1.17. The molecule has 1 amide bonds. The summed E-state index contributed by atoms with van der Waals surface area (Å²) in [7, 11) is 0. The first kappa shape index (κ1) is 23.1. The van der Waals surface area contributed by atoms with Crippen molar-refractivity contribution in [2.45, 2.75) is 19.9 Å². The van der Waals surface area contributed by atoms with Crippen LogP contribution in [0.2, 0.25) is 0 Å². The van der Waals surface area contributed by atoms with Gasteiger partial charge in [-0.3, -0.25) is 19.5 Å². The summed E-state index contributed by atoms with van der Waals surface area (Å²) in [4.78, 5) is 31.4. The molecular weight excluding hydrogens is 442 g/mol. The Morgan fingerprint density at radius 1 is 1.06 bits per heavy atom. The van der Waals surface area contributed by atoms with Crippen LogP contribution in [0.25, 0.3) is 5.76 Å². The number of anilines is 1. The van der Waals surface area contributed by atoms with Crippen LogP contribution in [0.4, 0.5) is 14.5 Å². The molecule has 174 valence electrons. The molecular formula is C26H22F2N2O4. The molecule has 2 heterocycles. The molecule has 0 spiro atoms. The second-order valence-electron chi connectivity index (χ2n) is 8.25. The van der Waals surface area contributed by atoms with Gasteiger partial charge in [-0.1, -0.05) is 32.0 Å². The third-order valence-corrected chi connectivity index (χ3v) is 5.28. The molecule has 2 aromatic carbocycles. The van der Waals surface area contributed by atoms with Crippen LogP contribution in [0.3, 0.4) is 0 Å². The molecule has 1 saturated heterocycles. The quantitative estimate of drug-likeness (QED) is 0.315. The minimum Gasteiger partial charge on any atom is -0.507 e. The van der Waals surface area contributed by atoms with Crippen molar-refractivity contribution in [3.63, 3.8) is 0 Å². The molecule has 0 bridgehead atoms. The summed E-state index contributed by atoms with van der Waals surface area (Å²) >= 11 is 0. The molecule has 3 aromatic rings. The molecule has 1 unspecified atom stereocenters. The normalized spacial score (nSPS) is 17.4. The van der Waals surface area contributed by atoms with E-state index in [2.05, 4.69) is 4.98 Å². The summed E-state index contributed by atoms with van der Waals surface area (Å²) in [6, 6.07) is 13.2. The number of amides is 1. The lowest BCUT2D eigenvalue weighted by Gasteiger charge is -2.24. The number of nitrogens with zero attached hydrogens (tertiary/aromatic N) is 2. The van der Waals surface area contributed by atoms with E-state index < -0.39 is 35.1 Å². The number of benzene rings is 2. The van der Waals surface area contributed by atoms with Gasteiger partial charge in [-0.25, -0.2) is 8.78 Å². The highest BCUT2D eigenvalue weighted by atomic mass is 19.2. The van der Waals surface area contributed by atoms with E-state index in [1.54, 1.807) is 42.5 Å². The maximum atomic E-state index is 14.0. The molecule has 6 nitrogen and oxygen atoms in total. The smallest absolute Gasteiger partial charge is 0.300 e. The molecule has 1 atom stereocenters. The van der Waals surface area contributed by atoms with Gasteiger partial charge in [0.25, 0.3) is 11.7 Å². The van der Waals surface area contributed by atoms with Crippen LogP contribution >= 0.6 is 0 Å². The van der Waals surface area contributed by atoms with Crippen LogP contribution in [0.5, 0.6) is 5.75 Å². The average molecular weight is 464 g/mol. The maximum absolute atomic E-state index is 14.0. The largest absolute Gasteiger partial charge is 0.507 e. The summed E-state index contributed by atoms with van der Waals surface area (Å²) in [5, 5.41) is 11.2. The highest BCUT2D eigenvalue weighted by Crippen LogP contribution is 2.42. The average Bonchev–Trinajstić information content (AvgIpc) is 3.10. The SMILES string of the molecule is CC(C)COc1cccc(/C(O)=C2\C(=O)C(=O)N(c3ccc(F)c(F)c3)C2c2ccccn2)c1. The first-order valence-electron chi connectivity index (χ1n) is 10.7. The van der Waals surface area contributed by atoms with Gasteiger partial charge in [0, 0.05) is 23.5 Å². The zero-order valence-electron chi connectivity index (χ0n) is 18.5. The Hall–Kier alpha value is -4.07. The van der Waals surface area contributed by atoms with E-state index in [-0.39, 0.29) is 28.4 Å². The monoisotopic (exact) mass is 464 g/mol. The van der Waals surface area contributed by atoms with Gasteiger partial charge in [0.15, 0.2) is 11.6 Å². The third-order valence-electron chi connectivity index (χ3n) is 5.28. The van der Waals surface area contributed by atoms with E-state index in [1.807, 2.05) is 13.8 Å². The number of aromatic nitrogens is 1. The van der Waals surface area contributed by atoms with Crippen molar-refractivity contribution in [3.8, 4) is 5.75 Å². The molecule has 1 aromatic heterocycles. The summed E-state index contributed by atoms with van der Waals surface area (Å²) < 4.78 is 33.2. The molecule has 0 radical (unpaired) electrons. The van der Waals surface area contributed by atoms with Crippen molar-refractivity contribution in [2.24, 2.45) is 5.92 Å². The van der Waals surface area contributed by atoms with Crippen LogP contribution in [0.15, 0.2) is 72.4 Å². The predicted octanol–water partition coefficient (Wildman–Crippen LogP) is 5.02. The summed E-state index contributed by atoms with van der Waals surface area (Å²) in [5.41, 5.74) is 0.296. The van der Waals surface area contributed by atoms with Gasteiger partial charge in [-0.15, -0.1) is 0 Å². The Morgan fingerprint density at radius 3 is 2.53 bits per heavy atom. The second kappa shape index (κ2) is 9.43. The van der Waals surface area contributed by atoms with E-state index in [4.69, 9.17) is 4.74 Å². The zero-order valence-corrected chi connectivity index (χ0v) is 18.5. The Balaban J connectivity index is 1.86. The van der Waals surface area contributed by atoms with E-state index in [9.17, 15) is 23.5 Å². The molecule has 8 heteroatoms. The highest BCUT2D eigenvalue weighted by Gasteiger charge is 2.47. The lowest BCUT2D eigenvalue weighted by Crippen LogP contribution is -2.30. The molecule has 1 aliphatic rings. The molecule has 4 rings (SSSR count). The van der Waals surface area contributed by atoms with Crippen molar-refractivity contribution >= 4 is 23.1 Å². The zero-order chi connectivity index (χ0) is 24.4. The van der Waals surface area contributed by atoms with Crippen LogP contribution in [0.1, 0.15) is 31.1 Å². The fraction of sp³-hybridized carbons (Fsp3) is 0.192. The Bertz CT molecular complexity index is 1270. The summed E-state index contributed by atoms with van der Waals surface area (Å²) in [6.07, 6.45) is 1.47. The van der Waals surface area contributed by atoms with Crippen LogP contribution in [-0.2, 0) is 9.59 Å². The van der Waals surface area contributed by atoms with Crippen molar-refractivity contribution in [1.29, 1.82) is 0 Å². The molecule has 1 N–H and O–H groups in total. The van der Waals surface area contributed by atoms with Gasteiger partial charge < -0.3 is 9.84 Å². The first-order chi connectivity index (χ1) is 16.3. The fourth-order valence-electron chi connectivity index (χ4n) is 3.70. The fourth-order valence-corrected chi connectivity index (χ4v) is 3.70. The van der Waals surface area contributed by atoms with Gasteiger partial charge in [0.1, 0.15) is 17.6 Å². The number of hydrogen-bond acceptors (Lipinski definition) is 5. The Morgan fingerprint density at radius 2 is 1.85 bits per heavy atom. The van der Waals surface area contributed by atoms with Crippen LogP contribution < -0.4 is 9.64 Å². The van der Waals surface area contributed by atoms with Crippen LogP contribution in [-0.4, -0.2) is 28.4 Å². The van der Waals surface area contributed by atoms with E-state index in [0.717, 1.165) is 17.0 Å². The lowest BCUT2D eigenvalue weighted by molar-refractivity contribution is -0.132. The summed E-state index contributed by atoms with van der Waals surface area (Å²) in [6.45, 7) is 4.45. The van der Waals surface area contributed by atoms with Crippen molar-refractivity contribution in [3.05, 3.63) is 95.3 Å². The second-order valence-corrected chi connectivity index (χ2v) is 8.25. The number of aliphatic hydroxyl groups is 1. The highest BCUT2D eigenvalue weighted by molar-refractivity contribution is 6.51. The van der Waals surface area contributed by atoms with E-state index in [0.29, 0.717) is 12.4 Å². The molecule has 1 fully saturated rings. The standard InChI is InChI=1S/C26H22F2N2O4/c1-15(2)14-34-18-7-5-6-16(12-18)24(31)22-23(21-8-3-4-11-29-21)30(26(33)25(22)32)17-9-10-19(27)20(28)13-17/h3-13,15,23,31H,14H2,1-2H3/b24-22+. The van der Waals surface area contributed by atoms with Crippen molar-refractivity contribution in [1.82, 2.24) is 4.98 Å². The van der Waals surface area contributed by atoms with Gasteiger partial charge >= 0.3 is 0 Å². The number of ketones is 1. The molecule has 34 heavy (non-hydrogen) atoms. The first-order valence-corrected chi connectivity index (χ1v) is 10.7. The van der Waals surface area contributed by atoms with Gasteiger partial charge in [0.05, 0.1) is 17.9 Å². The number of carbonyl (C=O) groups excluding carboxylic acids is 2. The van der Waals surface area contributed by atoms with E-state index in [1.165, 1.54) is 12.3 Å². The number of Topliss-reactive ketones (excluding diaryl/α,β-unsaturated/α-hetero) is 1. The van der Waals surface area contributed by atoms with E-state index >= 15 is 0 Å². The molecule has 0 aliphatic carbocycles. The Kier molecular flexibility index (Phi) is 6.40. The van der Waals surface area contributed by atoms with Gasteiger partial charge in [0.2, 0.25) is 0 Å². The van der Waals surface area contributed by atoms with Gasteiger partial charge in [-0.05, 0) is 42.3 Å². The van der Waals surface area contributed by atoms with Gasteiger partial charge in [-0.2, -0.15) is 0 Å². The van der Waals surface area contributed by atoms with Crippen LogP contribution in [0, 0.1) is 17.6 Å². The number of ether oxygens (including phenoxy) is 1. The third kappa shape index (κ3) is 4.39. The number of pyridine rings is 1. The van der Waals surface area contributed by atoms with Crippen molar-refractivity contribution < 1.29 is 28.2 Å². The molecule has 1 aliphatic heterocycles. The van der Waals surface area contributed by atoms with Crippen molar-refractivity contribution in [2.75, 3.05) is 11.5 Å². The topological polar surface area (TPSA) is 79.7 Å².